The van der Waals surface area contributed by atoms with Crippen molar-refractivity contribution in [2.75, 3.05) is 6.54 Å². The minimum absolute atomic E-state index is 0.274. The molecule has 0 unspecified atom stereocenters. The molecule has 0 spiro atoms. The molecule has 0 aliphatic carbocycles. The number of carboxylic acids is 1. The highest BCUT2D eigenvalue weighted by Gasteiger charge is 2.34. The Labute approximate surface area is 136 Å². The Morgan fingerprint density at radius 3 is 2.73 bits per heavy atom. The summed E-state index contributed by atoms with van der Waals surface area (Å²) in [6, 6.07) is 4.89. The number of hydrogen-bond acceptors (Lipinski definition) is 3. The molecule has 1 saturated heterocycles. The molecule has 0 bridgehead atoms. The number of halogens is 2. The molecular weight excluding hydrogens is 357 g/mol. The molecule has 0 radical (unpaired) electrons. The summed E-state index contributed by atoms with van der Waals surface area (Å²) in [5.74, 6) is -1.62. The zero-order valence-electron chi connectivity index (χ0n) is 11.9. The fourth-order valence-corrected chi connectivity index (χ4v) is 2.67. The van der Waals surface area contributed by atoms with Gasteiger partial charge in [0.2, 0.25) is 5.91 Å². The standard InChI is InChI=1S/C15H17BrFNO4/c16-10-4-3-9(11(17)8-10)2-1-7-18-14(19)12-5-6-13(22-12)15(20)21/h3-4,8,12-13H,1-2,5-7H2,(H,18,19)(H,20,21)/t12-,13+/m0/s1. The van der Waals surface area contributed by atoms with E-state index in [1.807, 2.05) is 0 Å². The highest BCUT2D eigenvalue weighted by atomic mass is 79.9. The quantitative estimate of drug-likeness (QED) is 0.750. The predicted molar refractivity (Wildman–Crippen MR) is 81.0 cm³/mol. The van der Waals surface area contributed by atoms with Crippen molar-refractivity contribution in [3.05, 3.63) is 34.1 Å². The lowest BCUT2D eigenvalue weighted by Gasteiger charge is -2.12. The number of carbonyl (C=O) groups excluding carboxylic acids is 1. The van der Waals surface area contributed by atoms with Gasteiger partial charge in [0.15, 0.2) is 6.10 Å². The van der Waals surface area contributed by atoms with Crippen molar-refractivity contribution >= 4 is 27.8 Å². The van der Waals surface area contributed by atoms with E-state index in [9.17, 15) is 14.0 Å². The third-order valence-corrected chi connectivity index (χ3v) is 4.02. The third kappa shape index (κ3) is 4.51. The second-order valence-corrected chi connectivity index (χ2v) is 6.07. The van der Waals surface area contributed by atoms with E-state index in [1.165, 1.54) is 6.07 Å². The highest BCUT2D eigenvalue weighted by molar-refractivity contribution is 9.10. The Morgan fingerprint density at radius 1 is 1.36 bits per heavy atom. The van der Waals surface area contributed by atoms with Gasteiger partial charge in [0, 0.05) is 11.0 Å². The van der Waals surface area contributed by atoms with E-state index in [-0.39, 0.29) is 11.7 Å². The highest BCUT2D eigenvalue weighted by Crippen LogP contribution is 2.20. The number of aryl methyl sites for hydroxylation is 1. The SMILES string of the molecule is O=C(NCCCc1ccc(Br)cc1F)[C@@H]1CC[C@H](C(=O)O)O1. The topological polar surface area (TPSA) is 75.6 Å². The Hall–Kier alpha value is -1.47. The first-order valence-corrected chi connectivity index (χ1v) is 7.86. The van der Waals surface area contributed by atoms with E-state index >= 15 is 0 Å². The van der Waals surface area contributed by atoms with Crippen LogP contribution in [0, 0.1) is 5.82 Å². The maximum atomic E-state index is 13.6. The molecule has 2 N–H and O–H groups in total. The van der Waals surface area contributed by atoms with Crippen LogP contribution in [0.25, 0.3) is 0 Å². The number of ether oxygens (including phenoxy) is 1. The van der Waals surface area contributed by atoms with Crippen molar-refractivity contribution < 1.29 is 23.8 Å². The van der Waals surface area contributed by atoms with Gasteiger partial charge in [-0.25, -0.2) is 9.18 Å². The molecule has 2 rings (SSSR count). The zero-order chi connectivity index (χ0) is 16.1. The van der Waals surface area contributed by atoms with E-state index in [0.29, 0.717) is 42.3 Å². The van der Waals surface area contributed by atoms with Crippen LogP contribution in [0.1, 0.15) is 24.8 Å². The Kier molecular flexibility index (Phi) is 5.90. The van der Waals surface area contributed by atoms with E-state index < -0.39 is 18.2 Å². The maximum Gasteiger partial charge on any atom is 0.332 e. The summed E-state index contributed by atoms with van der Waals surface area (Å²) in [4.78, 5) is 22.6. The summed E-state index contributed by atoms with van der Waals surface area (Å²) in [5.41, 5.74) is 0.598. The number of carbonyl (C=O) groups is 2. The molecule has 1 fully saturated rings. The van der Waals surface area contributed by atoms with Crippen LogP contribution in [0.15, 0.2) is 22.7 Å². The molecule has 5 nitrogen and oxygen atoms in total. The van der Waals surface area contributed by atoms with Crippen LogP contribution in [0.4, 0.5) is 4.39 Å². The molecule has 1 aliphatic rings. The van der Waals surface area contributed by atoms with Gasteiger partial charge in [-0.05, 0) is 43.4 Å². The molecule has 0 aromatic heterocycles. The number of benzene rings is 1. The summed E-state index contributed by atoms with van der Waals surface area (Å²) < 4.78 is 19.5. The van der Waals surface area contributed by atoms with Crippen LogP contribution in [0.5, 0.6) is 0 Å². The average Bonchev–Trinajstić information content (AvgIpc) is 2.95. The molecule has 120 valence electrons. The molecule has 1 amide bonds. The van der Waals surface area contributed by atoms with Crippen LogP contribution >= 0.6 is 15.9 Å². The van der Waals surface area contributed by atoms with E-state index in [1.54, 1.807) is 12.1 Å². The minimum Gasteiger partial charge on any atom is -0.479 e. The normalized spacial score (nSPS) is 20.8. The van der Waals surface area contributed by atoms with Gasteiger partial charge >= 0.3 is 5.97 Å². The fraction of sp³-hybridized carbons (Fsp3) is 0.467. The number of hydrogen-bond donors (Lipinski definition) is 2. The Morgan fingerprint density at radius 2 is 2.09 bits per heavy atom. The van der Waals surface area contributed by atoms with Gasteiger partial charge in [-0.1, -0.05) is 22.0 Å². The number of nitrogens with one attached hydrogen (secondary N) is 1. The first-order valence-electron chi connectivity index (χ1n) is 7.07. The van der Waals surface area contributed by atoms with Gasteiger partial charge in [0.25, 0.3) is 0 Å². The smallest absolute Gasteiger partial charge is 0.332 e. The molecule has 2 atom stereocenters. The molecule has 1 heterocycles. The molecule has 0 saturated carbocycles. The van der Waals surface area contributed by atoms with Gasteiger partial charge in [-0.3, -0.25) is 4.79 Å². The zero-order valence-corrected chi connectivity index (χ0v) is 13.4. The van der Waals surface area contributed by atoms with Crippen LogP contribution in [-0.4, -0.2) is 35.7 Å². The number of rotatable bonds is 6. The summed E-state index contributed by atoms with van der Waals surface area (Å²) in [6.45, 7) is 0.395. The number of aliphatic carboxylic acids is 1. The lowest BCUT2D eigenvalue weighted by Crippen LogP contribution is -2.36. The van der Waals surface area contributed by atoms with E-state index in [2.05, 4.69) is 21.2 Å². The van der Waals surface area contributed by atoms with Crippen LogP contribution in [0.3, 0.4) is 0 Å². The average molecular weight is 374 g/mol. The maximum absolute atomic E-state index is 13.6. The summed E-state index contributed by atoms with van der Waals surface area (Å²) in [5, 5.41) is 11.5. The molecule has 1 aromatic rings. The summed E-state index contributed by atoms with van der Waals surface area (Å²) >= 11 is 3.20. The third-order valence-electron chi connectivity index (χ3n) is 3.52. The van der Waals surface area contributed by atoms with Gasteiger partial charge in [-0.2, -0.15) is 0 Å². The second-order valence-electron chi connectivity index (χ2n) is 5.16. The minimum atomic E-state index is -1.04. The second kappa shape index (κ2) is 7.69. The van der Waals surface area contributed by atoms with Crippen molar-refractivity contribution in [2.45, 2.75) is 37.9 Å². The molecular formula is C15H17BrFNO4. The van der Waals surface area contributed by atoms with Gasteiger partial charge in [0.05, 0.1) is 0 Å². The number of amides is 1. The Bertz CT molecular complexity index is 566. The molecule has 1 aliphatic heterocycles. The molecule has 22 heavy (non-hydrogen) atoms. The van der Waals surface area contributed by atoms with Crippen molar-refractivity contribution in [1.82, 2.24) is 5.32 Å². The van der Waals surface area contributed by atoms with Gasteiger partial charge < -0.3 is 15.2 Å². The van der Waals surface area contributed by atoms with Crippen LogP contribution in [-0.2, 0) is 20.7 Å². The lowest BCUT2D eigenvalue weighted by molar-refractivity contribution is -0.151. The van der Waals surface area contributed by atoms with E-state index in [0.717, 1.165) is 0 Å². The van der Waals surface area contributed by atoms with Crippen molar-refractivity contribution in [1.29, 1.82) is 0 Å². The predicted octanol–water partition coefficient (Wildman–Crippen LogP) is 2.27. The number of carboxylic acid groups (broad SMARTS) is 1. The van der Waals surface area contributed by atoms with Gasteiger partial charge in [0.1, 0.15) is 11.9 Å². The monoisotopic (exact) mass is 373 g/mol. The summed E-state index contributed by atoms with van der Waals surface area (Å²) in [6.07, 6.45) is 0.266. The van der Waals surface area contributed by atoms with Crippen molar-refractivity contribution in [3.63, 3.8) is 0 Å². The van der Waals surface area contributed by atoms with E-state index in [4.69, 9.17) is 9.84 Å². The largest absolute Gasteiger partial charge is 0.479 e. The van der Waals surface area contributed by atoms with Crippen molar-refractivity contribution in [2.24, 2.45) is 0 Å². The molecule has 7 heteroatoms. The van der Waals surface area contributed by atoms with Crippen LogP contribution in [0.2, 0.25) is 0 Å². The Balaban J connectivity index is 1.70. The van der Waals surface area contributed by atoms with Gasteiger partial charge in [-0.15, -0.1) is 0 Å². The van der Waals surface area contributed by atoms with Crippen molar-refractivity contribution in [3.8, 4) is 0 Å². The first kappa shape index (κ1) is 16.9. The summed E-state index contributed by atoms with van der Waals surface area (Å²) in [7, 11) is 0. The fourth-order valence-electron chi connectivity index (χ4n) is 2.34. The molecule has 1 aromatic carbocycles. The lowest BCUT2D eigenvalue weighted by atomic mass is 10.1. The van der Waals surface area contributed by atoms with Crippen LogP contribution < -0.4 is 5.32 Å². The first-order chi connectivity index (χ1) is 10.5.